The molecule has 5 heteroatoms. The van der Waals surface area contributed by atoms with Crippen LogP contribution in [0, 0.1) is 0 Å². The molecule has 27 heavy (non-hydrogen) atoms. The zero-order valence-electron chi connectivity index (χ0n) is 14.6. The first kappa shape index (κ1) is 15.9. The van der Waals surface area contributed by atoms with Gasteiger partial charge < -0.3 is 14.1 Å². The number of para-hydroxylation sites is 1. The van der Waals surface area contributed by atoms with E-state index in [-0.39, 0.29) is 6.61 Å². The maximum absolute atomic E-state index is 12.4. The number of hydrogen-bond acceptors (Lipinski definition) is 4. The van der Waals surface area contributed by atoms with E-state index in [2.05, 4.69) is 11.1 Å². The average Bonchev–Trinajstić information content (AvgIpc) is 3.30. The standard InChI is InChI=1S/C22H17NO4/c24-21-11-16(17-8-13-5-3-6-14(13)10-20(17)27-21)12-26-22(25)19-9-15-4-1-2-7-18(15)23-19/h1-2,4,7-11,23H,3,5-6,12H2. The summed E-state index contributed by atoms with van der Waals surface area (Å²) >= 11 is 0. The van der Waals surface area contributed by atoms with Crippen LogP contribution in [-0.2, 0) is 24.2 Å². The Morgan fingerprint density at radius 3 is 2.74 bits per heavy atom. The summed E-state index contributed by atoms with van der Waals surface area (Å²) in [6, 6.07) is 14.8. The highest BCUT2D eigenvalue weighted by Crippen LogP contribution is 2.29. The summed E-state index contributed by atoms with van der Waals surface area (Å²) in [5, 5.41) is 1.78. The van der Waals surface area contributed by atoms with Crippen molar-refractivity contribution in [3.63, 3.8) is 0 Å². The van der Waals surface area contributed by atoms with Crippen molar-refractivity contribution in [2.75, 3.05) is 0 Å². The number of carbonyl (C=O) groups is 1. The van der Waals surface area contributed by atoms with Gasteiger partial charge in [-0.05, 0) is 54.7 Å². The molecule has 1 N–H and O–H groups in total. The van der Waals surface area contributed by atoms with Gasteiger partial charge in [0.05, 0.1) is 0 Å². The molecular formula is C22H17NO4. The second kappa shape index (κ2) is 6.13. The molecule has 0 saturated heterocycles. The molecule has 0 atom stereocenters. The minimum atomic E-state index is -0.450. The Morgan fingerprint density at radius 1 is 1.07 bits per heavy atom. The number of aromatic amines is 1. The molecule has 0 fully saturated rings. The molecule has 2 aromatic heterocycles. The minimum Gasteiger partial charge on any atom is -0.456 e. The number of aryl methyl sites for hydroxylation is 2. The molecule has 0 unspecified atom stereocenters. The van der Waals surface area contributed by atoms with E-state index in [0.717, 1.165) is 35.6 Å². The number of fused-ring (bicyclic) bond motifs is 3. The van der Waals surface area contributed by atoms with Crippen LogP contribution in [0.3, 0.4) is 0 Å². The molecule has 4 aromatic rings. The van der Waals surface area contributed by atoms with Crippen LogP contribution in [-0.4, -0.2) is 11.0 Å². The average molecular weight is 359 g/mol. The quantitative estimate of drug-likeness (QED) is 0.441. The van der Waals surface area contributed by atoms with Gasteiger partial charge in [0, 0.05) is 27.9 Å². The Morgan fingerprint density at radius 2 is 1.89 bits per heavy atom. The Labute approximate surface area is 154 Å². The molecule has 0 aliphatic heterocycles. The highest BCUT2D eigenvalue weighted by atomic mass is 16.5. The lowest BCUT2D eigenvalue weighted by atomic mass is 10.0. The van der Waals surface area contributed by atoms with Gasteiger partial charge in [-0.1, -0.05) is 18.2 Å². The van der Waals surface area contributed by atoms with Crippen molar-refractivity contribution in [2.24, 2.45) is 0 Å². The van der Waals surface area contributed by atoms with Gasteiger partial charge >= 0.3 is 11.6 Å². The van der Waals surface area contributed by atoms with Gasteiger partial charge in [-0.25, -0.2) is 9.59 Å². The molecule has 1 aliphatic carbocycles. The van der Waals surface area contributed by atoms with E-state index < -0.39 is 11.6 Å². The van der Waals surface area contributed by atoms with Gasteiger partial charge in [0.1, 0.15) is 17.9 Å². The number of H-pyrrole nitrogens is 1. The molecule has 5 nitrogen and oxygen atoms in total. The third-order valence-electron chi connectivity index (χ3n) is 5.15. The van der Waals surface area contributed by atoms with Crippen molar-refractivity contribution >= 4 is 27.8 Å². The molecule has 0 amide bonds. The maximum Gasteiger partial charge on any atom is 0.355 e. The van der Waals surface area contributed by atoms with E-state index in [9.17, 15) is 9.59 Å². The summed E-state index contributed by atoms with van der Waals surface area (Å²) in [7, 11) is 0. The largest absolute Gasteiger partial charge is 0.456 e. The third kappa shape index (κ3) is 2.81. The number of aromatic nitrogens is 1. The van der Waals surface area contributed by atoms with Crippen molar-refractivity contribution in [3.8, 4) is 0 Å². The van der Waals surface area contributed by atoms with Gasteiger partial charge in [-0.2, -0.15) is 0 Å². The number of rotatable bonds is 3. The summed E-state index contributed by atoms with van der Waals surface area (Å²) in [5.41, 5.74) is 4.57. The van der Waals surface area contributed by atoms with Crippen LogP contribution in [0.4, 0.5) is 0 Å². The lowest BCUT2D eigenvalue weighted by Crippen LogP contribution is -2.08. The Bertz CT molecular complexity index is 1220. The molecule has 2 heterocycles. The zero-order chi connectivity index (χ0) is 18.4. The van der Waals surface area contributed by atoms with Crippen molar-refractivity contribution < 1.29 is 13.9 Å². The van der Waals surface area contributed by atoms with E-state index in [1.54, 1.807) is 6.07 Å². The monoisotopic (exact) mass is 359 g/mol. The van der Waals surface area contributed by atoms with E-state index in [4.69, 9.17) is 9.15 Å². The number of benzene rings is 2. The fraction of sp³-hybridized carbons (Fsp3) is 0.182. The Kier molecular flexibility index (Phi) is 3.60. The molecule has 134 valence electrons. The summed E-state index contributed by atoms with van der Waals surface area (Å²) in [6.45, 7) is 0.0229. The normalized spacial score (nSPS) is 13.2. The fourth-order valence-corrected chi connectivity index (χ4v) is 3.82. The third-order valence-corrected chi connectivity index (χ3v) is 5.15. The number of ether oxygens (including phenoxy) is 1. The van der Waals surface area contributed by atoms with Gasteiger partial charge in [-0.15, -0.1) is 0 Å². The second-order valence-corrected chi connectivity index (χ2v) is 6.91. The first-order valence-electron chi connectivity index (χ1n) is 9.01. The van der Waals surface area contributed by atoms with Crippen LogP contribution in [0.25, 0.3) is 21.9 Å². The van der Waals surface area contributed by atoms with Crippen molar-refractivity contribution in [1.29, 1.82) is 0 Å². The van der Waals surface area contributed by atoms with Crippen molar-refractivity contribution in [3.05, 3.63) is 81.3 Å². The number of hydrogen-bond donors (Lipinski definition) is 1. The lowest BCUT2D eigenvalue weighted by molar-refractivity contribution is 0.0468. The highest BCUT2D eigenvalue weighted by molar-refractivity contribution is 5.94. The van der Waals surface area contributed by atoms with E-state index in [0.29, 0.717) is 16.8 Å². The smallest absolute Gasteiger partial charge is 0.355 e. The van der Waals surface area contributed by atoms with Gasteiger partial charge in [-0.3, -0.25) is 0 Å². The van der Waals surface area contributed by atoms with Crippen molar-refractivity contribution in [1.82, 2.24) is 4.98 Å². The van der Waals surface area contributed by atoms with E-state index in [1.807, 2.05) is 30.3 Å². The molecular weight excluding hydrogens is 342 g/mol. The fourth-order valence-electron chi connectivity index (χ4n) is 3.82. The van der Waals surface area contributed by atoms with Gasteiger partial charge in [0.25, 0.3) is 0 Å². The van der Waals surface area contributed by atoms with Gasteiger partial charge in [0.15, 0.2) is 0 Å². The minimum absolute atomic E-state index is 0.0229. The topological polar surface area (TPSA) is 72.3 Å². The maximum atomic E-state index is 12.4. The number of nitrogens with one attached hydrogen (secondary N) is 1. The van der Waals surface area contributed by atoms with Crippen LogP contribution in [0.5, 0.6) is 0 Å². The van der Waals surface area contributed by atoms with Crippen LogP contribution in [0.15, 0.2) is 57.7 Å². The Balaban J connectivity index is 1.45. The van der Waals surface area contributed by atoms with E-state index in [1.165, 1.54) is 17.2 Å². The summed E-state index contributed by atoms with van der Waals surface area (Å²) < 4.78 is 10.8. The van der Waals surface area contributed by atoms with Crippen molar-refractivity contribution in [2.45, 2.75) is 25.9 Å². The first-order chi connectivity index (χ1) is 13.2. The summed E-state index contributed by atoms with van der Waals surface area (Å²) in [6.07, 6.45) is 3.15. The van der Waals surface area contributed by atoms with Crippen LogP contribution >= 0.6 is 0 Å². The predicted molar refractivity (Wildman–Crippen MR) is 102 cm³/mol. The predicted octanol–water partition coefficient (Wildman–Crippen LogP) is 4.12. The zero-order valence-corrected chi connectivity index (χ0v) is 14.6. The van der Waals surface area contributed by atoms with Crippen LogP contribution in [0.2, 0.25) is 0 Å². The van der Waals surface area contributed by atoms with Crippen LogP contribution in [0.1, 0.15) is 33.6 Å². The molecule has 0 spiro atoms. The summed E-state index contributed by atoms with van der Waals surface area (Å²) in [5.74, 6) is -0.450. The van der Waals surface area contributed by atoms with Crippen LogP contribution < -0.4 is 5.63 Å². The molecule has 0 bridgehead atoms. The molecule has 2 aromatic carbocycles. The molecule has 0 radical (unpaired) electrons. The van der Waals surface area contributed by atoms with Gasteiger partial charge in [0.2, 0.25) is 0 Å². The molecule has 1 aliphatic rings. The first-order valence-corrected chi connectivity index (χ1v) is 9.01. The highest BCUT2D eigenvalue weighted by Gasteiger charge is 2.17. The molecule has 5 rings (SSSR count). The lowest BCUT2D eigenvalue weighted by Gasteiger charge is -2.08. The summed E-state index contributed by atoms with van der Waals surface area (Å²) in [4.78, 5) is 27.4. The van der Waals surface area contributed by atoms with E-state index >= 15 is 0 Å². The Hall–Kier alpha value is -3.34. The second-order valence-electron chi connectivity index (χ2n) is 6.91. The number of carbonyl (C=O) groups excluding carboxylic acids is 1. The molecule has 0 saturated carbocycles. The number of esters is 1. The SMILES string of the molecule is O=C(OCc1cc(=O)oc2cc3c(cc12)CCC3)c1cc2ccccc2[nH]1.